The van der Waals surface area contributed by atoms with Crippen LogP contribution in [0.2, 0.25) is 0 Å². The van der Waals surface area contributed by atoms with Crippen molar-refractivity contribution >= 4 is 0 Å². The quantitative estimate of drug-likeness (QED) is 0.744. The van der Waals surface area contributed by atoms with Gasteiger partial charge in [-0.1, -0.05) is 13.8 Å². The maximum absolute atomic E-state index is 6.06. The monoisotopic (exact) mass is 309 g/mol. The van der Waals surface area contributed by atoms with E-state index in [1.54, 1.807) is 0 Å². The first-order valence-electron chi connectivity index (χ1n) is 9.30. The third kappa shape index (κ3) is 4.67. The molecule has 0 N–H and O–H groups in total. The molecule has 4 nitrogen and oxygen atoms in total. The SMILES string of the molecule is CC(C)CC1(CN2CCO[C@@H](CN3CCN(C)CC3)C2)CC1. The number of hydrogen-bond acceptors (Lipinski definition) is 4. The average molecular weight is 309 g/mol. The van der Waals surface area contributed by atoms with E-state index in [0.717, 1.165) is 32.2 Å². The molecular weight excluding hydrogens is 274 g/mol. The molecule has 1 atom stereocenters. The number of rotatable bonds is 6. The zero-order chi connectivity index (χ0) is 15.6. The summed E-state index contributed by atoms with van der Waals surface area (Å²) in [6, 6.07) is 0. The molecule has 0 radical (unpaired) electrons. The Balaban J connectivity index is 1.43. The Morgan fingerprint density at radius 1 is 1.05 bits per heavy atom. The van der Waals surface area contributed by atoms with Gasteiger partial charge in [0, 0.05) is 52.4 Å². The van der Waals surface area contributed by atoms with Crippen LogP contribution in [0.4, 0.5) is 0 Å². The number of piperazine rings is 1. The minimum absolute atomic E-state index is 0.423. The van der Waals surface area contributed by atoms with Crippen LogP contribution in [0.15, 0.2) is 0 Å². The summed E-state index contributed by atoms with van der Waals surface area (Å²) in [4.78, 5) is 7.71. The molecule has 2 heterocycles. The highest BCUT2D eigenvalue weighted by Gasteiger charge is 2.44. The van der Waals surface area contributed by atoms with E-state index in [9.17, 15) is 0 Å². The van der Waals surface area contributed by atoms with Gasteiger partial charge in [-0.2, -0.15) is 0 Å². The van der Waals surface area contributed by atoms with Crippen LogP contribution in [0, 0.1) is 11.3 Å². The molecule has 0 spiro atoms. The Bertz CT molecular complexity index is 348. The van der Waals surface area contributed by atoms with E-state index in [2.05, 4.69) is 35.6 Å². The van der Waals surface area contributed by atoms with Crippen LogP contribution < -0.4 is 0 Å². The third-order valence-electron chi connectivity index (χ3n) is 5.64. The number of ether oxygens (including phenoxy) is 1. The van der Waals surface area contributed by atoms with Crippen molar-refractivity contribution in [3.8, 4) is 0 Å². The molecule has 2 saturated heterocycles. The third-order valence-corrected chi connectivity index (χ3v) is 5.64. The smallest absolute Gasteiger partial charge is 0.0829 e. The number of hydrogen-bond donors (Lipinski definition) is 0. The number of likely N-dealkylation sites (N-methyl/N-ethyl adjacent to an activating group) is 1. The first kappa shape index (κ1) is 16.7. The van der Waals surface area contributed by atoms with E-state index in [0.29, 0.717) is 11.5 Å². The average Bonchev–Trinajstić information content (AvgIpc) is 3.20. The van der Waals surface area contributed by atoms with Gasteiger partial charge in [0.2, 0.25) is 0 Å². The largest absolute Gasteiger partial charge is 0.374 e. The summed E-state index contributed by atoms with van der Waals surface area (Å²) in [7, 11) is 2.22. The molecule has 1 aliphatic carbocycles. The zero-order valence-electron chi connectivity index (χ0n) is 14.9. The zero-order valence-corrected chi connectivity index (χ0v) is 14.9. The first-order valence-corrected chi connectivity index (χ1v) is 9.30. The van der Waals surface area contributed by atoms with E-state index in [1.807, 2.05) is 0 Å². The maximum atomic E-state index is 6.06. The summed E-state index contributed by atoms with van der Waals surface area (Å²) >= 11 is 0. The summed E-state index contributed by atoms with van der Waals surface area (Å²) in [6.07, 6.45) is 4.73. The standard InChI is InChI=1S/C18H35N3O/c1-16(2)12-18(4-5-18)15-21-10-11-22-17(14-21)13-20-8-6-19(3)7-9-20/h16-17H,4-15H2,1-3H3/t17-/m0/s1. The minimum Gasteiger partial charge on any atom is -0.374 e. The Morgan fingerprint density at radius 2 is 1.77 bits per heavy atom. The van der Waals surface area contributed by atoms with Gasteiger partial charge in [0.15, 0.2) is 0 Å². The second-order valence-electron chi connectivity index (χ2n) is 8.43. The lowest BCUT2D eigenvalue weighted by Gasteiger charge is -2.39. The molecule has 3 aliphatic rings. The van der Waals surface area contributed by atoms with Gasteiger partial charge in [0.05, 0.1) is 12.7 Å². The first-order chi connectivity index (χ1) is 10.5. The van der Waals surface area contributed by atoms with E-state index < -0.39 is 0 Å². The second-order valence-corrected chi connectivity index (χ2v) is 8.43. The summed E-state index contributed by atoms with van der Waals surface area (Å²) in [5, 5.41) is 0. The van der Waals surface area contributed by atoms with Gasteiger partial charge in [-0.3, -0.25) is 9.80 Å². The van der Waals surface area contributed by atoms with Crippen molar-refractivity contribution in [3.05, 3.63) is 0 Å². The van der Waals surface area contributed by atoms with Crippen molar-refractivity contribution in [2.45, 2.75) is 39.2 Å². The normalized spacial score (nSPS) is 30.8. The predicted octanol–water partition coefficient (Wildman–Crippen LogP) is 1.76. The lowest BCUT2D eigenvalue weighted by Crippen LogP contribution is -2.52. The van der Waals surface area contributed by atoms with Crippen molar-refractivity contribution in [2.75, 3.05) is 66.0 Å². The van der Waals surface area contributed by atoms with Gasteiger partial charge < -0.3 is 9.64 Å². The van der Waals surface area contributed by atoms with Gasteiger partial charge >= 0.3 is 0 Å². The molecule has 128 valence electrons. The van der Waals surface area contributed by atoms with Crippen LogP contribution in [0.3, 0.4) is 0 Å². The van der Waals surface area contributed by atoms with E-state index in [4.69, 9.17) is 4.74 Å². The molecule has 4 heteroatoms. The van der Waals surface area contributed by atoms with Gasteiger partial charge in [0.25, 0.3) is 0 Å². The molecule has 0 unspecified atom stereocenters. The molecule has 0 aromatic rings. The van der Waals surface area contributed by atoms with Crippen LogP contribution in [0.5, 0.6) is 0 Å². The molecule has 1 saturated carbocycles. The summed E-state index contributed by atoms with van der Waals surface area (Å²) < 4.78 is 6.06. The van der Waals surface area contributed by atoms with E-state index in [1.165, 1.54) is 52.0 Å². The molecule has 3 fully saturated rings. The molecular formula is C18H35N3O. The minimum atomic E-state index is 0.423. The second kappa shape index (κ2) is 7.16. The van der Waals surface area contributed by atoms with Gasteiger partial charge in [0.1, 0.15) is 0 Å². The lowest BCUT2D eigenvalue weighted by atomic mass is 9.93. The molecule has 0 aromatic carbocycles. The highest BCUT2D eigenvalue weighted by molar-refractivity contribution is 4.96. The van der Waals surface area contributed by atoms with Crippen molar-refractivity contribution in [2.24, 2.45) is 11.3 Å². The molecule has 2 aliphatic heterocycles. The van der Waals surface area contributed by atoms with Crippen molar-refractivity contribution in [3.63, 3.8) is 0 Å². The van der Waals surface area contributed by atoms with Crippen LogP contribution in [0.25, 0.3) is 0 Å². The van der Waals surface area contributed by atoms with E-state index >= 15 is 0 Å². The fourth-order valence-corrected chi connectivity index (χ4v) is 4.30. The molecule has 0 amide bonds. The highest BCUT2D eigenvalue weighted by Crippen LogP contribution is 2.51. The van der Waals surface area contributed by atoms with Crippen LogP contribution in [-0.4, -0.2) is 86.8 Å². The Labute approximate surface area is 136 Å². The van der Waals surface area contributed by atoms with Crippen molar-refractivity contribution in [1.82, 2.24) is 14.7 Å². The highest BCUT2D eigenvalue weighted by atomic mass is 16.5. The van der Waals surface area contributed by atoms with Crippen LogP contribution in [0.1, 0.15) is 33.1 Å². The van der Waals surface area contributed by atoms with Gasteiger partial charge in [-0.05, 0) is 37.6 Å². The molecule has 0 aromatic heterocycles. The number of nitrogens with zero attached hydrogens (tertiary/aromatic N) is 3. The fourth-order valence-electron chi connectivity index (χ4n) is 4.30. The lowest BCUT2D eigenvalue weighted by molar-refractivity contribution is -0.0528. The molecule has 22 heavy (non-hydrogen) atoms. The van der Waals surface area contributed by atoms with Crippen molar-refractivity contribution in [1.29, 1.82) is 0 Å². The topological polar surface area (TPSA) is 19.0 Å². The number of morpholine rings is 1. The fraction of sp³-hybridized carbons (Fsp3) is 1.00. The molecule has 3 rings (SSSR count). The maximum Gasteiger partial charge on any atom is 0.0829 e. The Kier molecular flexibility index (Phi) is 5.43. The predicted molar refractivity (Wildman–Crippen MR) is 91.2 cm³/mol. The van der Waals surface area contributed by atoms with E-state index in [-0.39, 0.29) is 0 Å². The Morgan fingerprint density at radius 3 is 2.41 bits per heavy atom. The van der Waals surface area contributed by atoms with Gasteiger partial charge in [-0.15, -0.1) is 0 Å². The van der Waals surface area contributed by atoms with Crippen molar-refractivity contribution < 1.29 is 4.74 Å². The van der Waals surface area contributed by atoms with Crippen LogP contribution >= 0.6 is 0 Å². The van der Waals surface area contributed by atoms with Gasteiger partial charge in [-0.25, -0.2) is 0 Å². The Hall–Kier alpha value is -0.160. The summed E-state index contributed by atoms with van der Waals surface area (Å²) in [5.74, 6) is 0.838. The molecule has 0 bridgehead atoms. The summed E-state index contributed by atoms with van der Waals surface area (Å²) in [5.41, 5.74) is 0.657. The van der Waals surface area contributed by atoms with Crippen LogP contribution in [-0.2, 0) is 4.74 Å². The summed E-state index contributed by atoms with van der Waals surface area (Å²) in [6.45, 7) is 15.2.